The van der Waals surface area contributed by atoms with Crippen molar-refractivity contribution in [3.8, 4) is 11.6 Å². The Morgan fingerprint density at radius 1 is 1.00 bits per heavy atom. The van der Waals surface area contributed by atoms with Crippen LogP contribution < -0.4 is 20.3 Å². The smallest absolute Gasteiger partial charge is 0.234 e. The molecule has 4 rings (SSSR count). The van der Waals surface area contributed by atoms with E-state index in [1.54, 1.807) is 0 Å². The van der Waals surface area contributed by atoms with Crippen LogP contribution in [0.3, 0.4) is 0 Å². The highest BCUT2D eigenvalue weighted by atomic mass is 32.1. The summed E-state index contributed by atoms with van der Waals surface area (Å²) in [4.78, 5) is 11.7. The molecule has 166 valence electrons. The van der Waals surface area contributed by atoms with Gasteiger partial charge in [-0.3, -0.25) is 0 Å². The van der Waals surface area contributed by atoms with Gasteiger partial charge in [0.2, 0.25) is 11.8 Å². The third-order valence-corrected chi connectivity index (χ3v) is 6.40. The van der Waals surface area contributed by atoms with E-state index in [1.165, 1.54) is 38.5 Å². The molecule has 0 bridgehead atoms. The number of rotatable bonds is 5. The Hall–Kier alpha value is -2.41. The van der Waals surface area contributed by atoms with Gasteiger partial charge < -0.3 is 20.3 Å². The van der Waals surface area contributed by atoms with Crippen LogP contribution in [0.4, 0.5) is 11.8 Å². The maximum Gasteiger partial charge on any atom is 0.234 e. The Bertz CT molecular complexity index is 846. The SMILES string of the molecule is CC1CCN(c2cc(Oc3ccccc3)nc(NC(=S)NC3CCCCCC3)n2)CC1. The highest BCUT2D eigenvalue weighted by Crippen LogP contribution is 2.27. The van der Waals surface area contributed by atoms with Gasteiger partial charge in [-0.1, -0.05) is 50.8 Å². The van der Waals surface area contributed by atoms with E-state index >= 15 is 0 Å². The summed E-state index contributed by atoms with van der Waals surface area (Å²) < 4.78 is 6.04. The lowest BCUT2D eigenvalue weighted by molar-refractivity contribution is 0.434. The quantitative estimate of drug-likeness (QED) is 0.470. The van der Waals surface area contributed by atoms with Gasteiger partial charge in [0.1, 0.15) is 11.6 Å². The zero-order valence-electron chi connectivity index (χ0n) is 18.3. The fraction of sp³-hybridized carbons (Fsp3) is 0.542. The third-order valence-electron chi connectivity index (χ3n) is 6.18. The average molecular weight is 440 g/mol. The standard InChI is InChI=1S/C24H33N5OS/c1-18-13-15-29(16-14-18)21-17-22(30-20-11-7-4-8-12-20)27-23(26-21)28-24(31)25-19-9-5-2-3-6-10-19/h4,7-8,11-12,17-19H,2-3,5-6,9-10,13-16H2,1H3,(H2,25,26,27,28,31). The highest BCUT2D eigenvalue weighted by Gasteiger charge is 2.20. The van der Waals surface area contributed by atoms with E-state index in [1.807, 2.05) is 36.4 Å². The molecule has 7 heteroatoms. The van der Waals surface area contributed by atoms with Gasteiger partial charge in [-0.25, -0.2) is 0 Å². The minimum absolute atomic E-state index is 0.425. The van der Waals surface area contributed by atoms with Gasteiger partial charge in [-0.2, -0.15) is 9.97 Å². The third kappa shape index (κ3) is 6.53. The van der Waals surface area contributed by atoms with Gasteiger partial charge in [-0.15, -0.1) is 0 Å². The summed E-state index contributed by atoms with van der Waals surface area (Å²) in [6.45, 7) is 4.30. The Balaban J connectivity index is 1.49. The molecule has 0 unspecified atom stereocenters. The van der Waals surface area contributed by atoms with Gasteiger partial charge in [-0.05, 0) is 56.0 Å². The number of thiocarbonyl (C=S) groups is 1. The van der Waals surface area contributed by atoms with Gasteiger partial charge in [0.05, 0.1) is 0 Å². The zero-order chi connectivity index (χ0) is 21.5. The molecule has 2 aliphatic rings. The van der Waals surface area contributed by atoms with E-state index in [9.17, 15) is 0 Å². The number of benzene rings is 1. The minimum atomic E-state index is 0.425. The summed E-state index contributed by atoms with van der Waals surface area (Å²) in [5, 5.41) is 7.27. The summed E-state index contributed by atoms with van der Waals surface area (Å²) in [5.41, 5.74) is 0. The molecule has 2 fully saturated rings. The summed E-state index contributed by atoms with van der Waals surface area (Å²) in [7, 11) is 0. The normalized spacial score (nSPS) is 18.3. The number of hydrogen-bond donors (Lipinski definition) is 2. The first-order chi connectivity index (χ1) is 15.2. The number of nitrogens with zero attached hydrogens (tertiary/aromatic N) is 3. The van der Waals surface area contributed by atoms with Crippen molar-refractivity contribution in [2.45, 2.75) is 64.3 Å². The second-order valence-corrected chi connectivity index (χ2v) is 9.17. The Labute approximate surface area is 190 Å². The summed E-state index contributed by atoms with van der Waals surface area (Å²) >= 11 is 5.59. The van der Waals surface area contributed by atoms with Crippen LogP contribution in [0.5, 0.6) is 11.6 Å². The van der Waals surface area contributed by atoms with E-state index in [4.69, 9.17) is 21.9 Å². The first kappa shape index (κ1) is 21.8. The predicted molar refractivity (Wildman–Crippen MR) is 130 cm³/mol. The van der Waals surface area contributed by atoms with Crippen molar-refractivity contribution < 1.29 is 4.74 Å². The average Bonchev–Trinajstić information content (AvgIpc) is 3.03. The molecule has 1 aromatic carbocycles. The molecule has 2 N–H and O–H groups in total. The molecule has 0 atom stereocenters. The number of para-hydroxylation sites is 1. The number of nitrogens with one attached hydrogen (secondary N) is 2. The molecule has 0 spiro atoms. The summed E-state index contributed by atoms with van der Waals surface area (Å²) in [5.74, 6) is 3.40. The number of aromatic nitrogens is 2. The van der Waals surface area contributed by atoms with Gasteiger partial charge >= 0.3 is 0 Å². The fourth-order valence-electron chi connectivity index (χ4n) is 4.28. The Morgan fingerprint density at radius 2 is 1.71 bits per heavy atom. The number of piperidine rings is 1. The summed E-state index contributed by atoms with van der Waals surface area (Å²) in [6.07, 6.45) is 9.82. The van der Waals surface area contributed by atoms with Crippen LogP contribution in [0.25, 0.3) is 0 Å². The topological polar surface area (TPSA) is 62.3 Å². The molecule has 0 radical (unpaired) electrons. The summed E-state index contributed by atoms with van der Waals surface area (Å²) in [6, 6.07) is 12.1. The van der Waals surface area contributed by atoms with E-state index in [0.717, 1.165) is 43.4 Å². The maximum atomic E-state index is 6.04. The largest absolute Gasteiger partial charge is 0.439 e. The predicted octanol–water partition coefficient (Wildman–Crippen LogP) is 5.51. The molecule has 1 aliphatic heterocycles. The van der Waals surface area contributed by atoms with Crippen molar-refractivity contribution in [1.29, 1.82) is 0 Å². The van der Waals surface area contributed by atoms with Crippen LogP contribution >= 0.6 is 12.2 Å². The molecule has 2 heterocycles. The van der Waals surface area contributed by atoms with Crippen molar-refractivity contribution in [2.75, 3.05) is 23.3 Å². The van der Waals surface area contributed by atoms with Crippen molar-refractivity contribution in [1.82, 2.24) is 15.3 Å². The highest BCUT2D eigenvalue weighted by molar-refractivity contribution is 7.80. The first-order valence-electron chi connectivity index (χ1n) is 11.6. The van der Waals surface area contributed by atoms with Crippen molar-refractivity contribution in [3.63, 3.8) is 0 Å². The molecule has 1 aromatic heterocycles. The van der Waals surface area contributed by atoms with Crippen LogP contribution in [0.2, 0.25) is 0 Å². The number of ether oxygens (including phenoxy) is 1. The lowest BCUT2D eigenvalue weighted by atomic mass is 9.99. The second-order valence-electron chi connectivity index (χ2n) is 8.76. The van der Waals surface area contributed by atoms with Gasteiger partial charge in [0.15, 0.2) is 5.11 Å². The van der Waals surface area contributed by atoms with Crippen LogP contribution in [0, 0.1) is 5.92 Å². The number of hydrogen-bond acceptors (Lipinski definition) is 5. The Kier molecular flexibility index (Phi) is 7.57. The second kappa shape index (κ2) is 10.8. The van der Waals surface area contributed by atoms with Crippen molar-refractivity contribution >= 4 is 29.1 Å². The number of anilines is 2. The molecule has 0 amide bonds. The van der Waals surface area contributed by atoms with Crippen LogP contribution in [-0.4, -0.2) is 34.2 Å². The van der Waals surface area contributed by atoms with E-state index in [-0.39, 0.29) is 0 Å². The maximum absolute atomic E-state index is 6.04. The van der Waals surface area contributed by atoms with Crippen molar-refractivity contribution in [2.24, 2.45) is 5.92 Å². The molecule has 1 saturated carbocycles. The van der Waals surface area contributed by atoms with E-state index < -0.39 is 0 Å². The Morgan fingerprint density at radius 3 is 2.42 bits per heavy atom. The van der Waals surface area contributed by atoms with Crippen LogP contribution in [0.1, 0.15) is 58.3 Å². The molecular formula is C24H33N5OS. The minimum Gasteiger partial charge on any atom is -0.439 e. The first-order valence-corrected chi connectivity index (χ1v) is 12.0. The van der Waals surface area contributed by atoms with Crippen molar-refractivity contribution in [3.05, 3.63) is 36.4 Å². The molecule has 2 aromatic rings. The molecule has 1 aliphatic carbocycles. The lowest BCUT2D eigenvalue weighted by Gasteiger charge is -2.31. The fourth-order valence-corrected chi connectivity index (χ4v) is 4.53. The molecule has 1 saturated heterocycles. The van der Waals surface area contributed by atoms with E-state index in [0.29, 0.717) is 23.0 Å². The zero-order valence-corrected chi connectivity index (χ0v) is 19.2. The van der Waals surface area contributed by atoms with Crippen LogP contribution in [0.15, 0.2) is 36.4 Å². The molecule has 6 nitrogen and oxygen atoms in total. The van der Waals surface area contributed by atoms with Gasteiger partial charge in [0, 0.05) is 25.2 Å². The lowest BCUT2D eigenvalue weighted by Crippen LogP contribution is -2.38. The molecule has 31 heavy (non-hydrogen) atoms. The molecular weight excluding hydrogens is 406 g/mol. The van der Waals surface area contributed by atoms with E-state index in [2.05, 4.69) is 27.4 Å². The van der Waals surface area contributed by atoms with Crippen LogP contribution in [-0.2, 0) is 0 Å². The van der Waals surface area contributed by atoms with Gasteiger partial charge in [0.25, 0.3) is 0 Å². The monoisotopic (exact) mass is 439 g/mol.